The summed E-state index contributed by atoms with van der Waals surface area (Å²) in [5.41, 5.74) is 0.869. The molecule has 0 bridgehead atoms. The molecule has 0 aromatic carbocycles. The minimum atomic E-state index is -0.118. The molecule has 1 aromatic heterocycles. The first kappa shape index (κ1) is 17.7. The van der Waals surface area contributed by atoms with Crippen molar-refractivity contribution in [1.29, 1.82) is 0 Å². The van der Waals surface area contributed by atoms with Crippen molar-refractivity contribution in [3.05, 3.63) is 30.1 Å². The molecule has 0 spiro atoms. The van der Waals surface area contributed by atoms with Crippen molar-refractivity contribution >= 4 is 6.03 Å². The zero-order valence-corrected chi connectivity index (χ0v) is 14.1. The monoisotopic (exact) mass is 319 g/mol. The lowest BCUT2D eigenvalue weighted by molar-refractivity contribution is 0.135. The van der Waals surface area contributed by atoms with E-state index < -0.39 is 0 Å². The van der Waals surface area contributed by atoms with Gasteiger partial charge in [0.25, 0.3) is 0 Å². The molecule has 0 radical (unpaired) electrons. The molecule has 1 aliphatic rings. The van der Waals surface area contributed by atoms with Crippen LogP contribution in [0, 0.1) is 0 Å². The van der Waals surface area contributed by atoms with E-state index in [0.717, 1.165) is 38.2 Å². The summed E-state index contributed by atoms with van der Waals surface area (Å²) in [4.78, 5) is 20.9. The van der Waals surface area contributed by atoms with E-state index in [2.05, 4.69) is 32.3 Å². The number of likely N-dealkylation sites (N-methyl/N-ethyl adjacent to an activating group) is 1. The highest BCUT2D eigenvalue weighted by Crippen LogP contribution is 2.02. The van der Waals surface area contributed by atoms with Crippen molar-refractivity contribution in [2.24, 2.45) is 0 Å². The number of piperazine rings is 1. The Morgan fingerprint density at radius 2 is 1.91 bits per heavy atom. The highest BCUT2D eigenvalue weighted by Gasteiger charge is 2.14. The Labute approximate surface area is 139 Å². The summed E-state index contributed by atoms with van der Waals surface area (Å²) in [5, 5.41) is 5.72. The lowest BCUT2D eigenvalue weighted by Crippen LogP contribution is -2.46. The van der Waals surface area contributed by atoms with Gasteiger partial charge < -0.3 is 20.4 Å². The molecule has 2 amide bonds. The first-order valence-corrected chi connectivity index (χ1v) is 8.64. The van der Waals surface area contributed by atoms with Gasteiger partial charge in [0.2, 0.25) is 0 Å². The van der Waals surface area contributed by atoms with Crippen molar-refractivity contribution in [2.75, 3.05) is 45.8 Å². The van der Waals surface area contributed by atoms with Crippen LogP contribution in [-0.4, -0.2) is 66.6 Å². The zero-order valence-electron chi connectivity index (χ0n) is 14.1. The van der Waals surface area contributed by atoms with E-state index in [1.54, 1.807) is 6.20 Å². The fraction of sp³-hybridized carbons (Fsp3) is 0.647. The number of unbranched alkanes of at least 4 members (excludes halogenated alkanes) is 1. The smallest absolute Gasteiger partial charge is 0.315 e. The van der Waals surface area contributed by atoms with Crippen LogP contribution in [0.3, 0.4) is 0 Å². The second-order valence-electron chi connectivity index (χ2n) is 5.91. The van der Waals surface area contributed by atoms with Crippen LogP contribution in [-0.2, 0) is 6.54 Å². The van der Waals surface area contributed by atoms with E-state index in [1.807, 2.05) is 18.2 Å². The summed E-state index contributed by atoms with van der Waals surface area (Å²) in [5.74, 6) is 0. The summed E-state index contributed by atoms with van der Waals surface area (Å²) >= 11 is 0. The number of carbonyl (C=O) groups excluding carboxylic acids is 1. The molecule has 1 aromatic rings. The SMILES string of the molecule is CCN1CCN(CCCCNC(=O)NCc2ccccn2)CC1. The van der Waals surface area contributed by atoms with Crippen LogP contribution in [0.25, 0.3) is 0 Å². The van der Waals surface area contributed by atoms with Gasteiger partial charge in [-0.3, -0.25) is 4.98 Å². The summed E-state index contributed by atoms with van der Waals surface area (Å²) in [6.07, 6.45) is 3.88. The molecule has 2 heterocycles. The van der Waals surface area contributed by atoms with Gasteiger partial charge in [0.15, 0.2) is 0 Å². The van der Waals surface area contributed by atoms with Gasteiger partial charge >= 0.3 is 6.03 Å². The van der Waals surface area contributed by atoms with Crippen molar-refractivity contribution in [3.8, 4) is 0 Å². The molecule has 0 saturated carbocycles. The molecule has 0 atom stereocenters. The molecule has 6 nitrogen and oxygen atoms in total. The molecule has 1 aliphatic heterocycles. The third-order valence-electron chi connectivity index (χ3n) is 4.26. The number of rotatable bonds is 8. The van der Waals surface area contributed by atoms with E-state index >= 15 is 0 Å². The van der Waals surface area contributed by atoms with E-state index in [-0.39, 0.29) is 6.03 Å². The zero-order chi connectivity index (χ0) is 16.3. The number of nitrogens with zero attached hydrogens (tertiary/aromatic N) is 3. The van der Waals surface area contributed by atoms with Crippen LogP contribution in [0.15, 0.2) is 24.4 Å². The maximum absolute atomic E-state index is 11.7. The van der Waals surface area contributed by atoms with Crippen LogP contribution in [0.4, 0.5) is 4.79 Å². The Bertz CT molecular complexity index is 446. The molecular weight excluding hydrogens is 290 g/mol. The Morgan fingerprint density at radius 1 is 1.13 bits per heavy atom. The number of nitrogens with one attached hydrogen (secondary N) is 2. The Balaban J connectivity index is 1.46. The lowest BCUT2D eigenvalue weighted by atomic mass is 10.2. The number of hydrogen-bond acceptors (Lipinski definition) is 4. The molecule has 6 heteroatoms. The van der Waals surface area contributed by atoms with Gasteiger partial charge in [0.05, 0.1) is 12.2 Å². The number of carbonyl (C=O) groups is 1. The maximum Gasteiger partial charge on any atom is 0.315 e. The molecule has 2 N–H and O–H groups in total. The van der Waals surface area contributed by atoms with Gasteiger partial charge in [-0.05, 0) is 38.1 Å². The van der Waals surface area contributed by atoms with Gasteiger partial charge in [-0.1, -0.05) is 13.0 Å². The molecule has 2 rings (SSSR count). The van der Waals surface area contributed by atoms with E-state index in [4.69, 9.17) is 0 Å². The van der Waals surface area contributed by atoms with Crippen LogP contribution < -0.4 is 10.6 Å². The van der Waals surface area contributed by atoms with Crippen molar-refractivity contribution in [3.63, 3.8) is 0 Å². The van der Waals surface area contributed by atoms with E-state index in [0.29, 0.717) is 6.54 Å². The van der Waals surface area contributed by atoms with E-state index in [1.165, 1.54) is 26.2 Å². The molecule has 1 fully saturated rings. The average Bonchev–Trinajstić information content (AvgIpc) is 2.61. The quantitative estimate of drug-likeness (QED) is 0.709. The Hall–Kier alpha value is -1.66. The fourth-order valence-electron chi connectivity index (χ4n) is 2.73. The van der Waals surface area contributed by atoms with Crippen LogP contribution >= 0.6 is 0 Å². The topological polar surface area (TPSA) is 60.5 Å². The first-order chi connectivity index (χ1) is 11.3. The number of hydrogen-bond donors (Lipinski definition) is 2. The van der Waals surface area contributed by atoms with Gasteiger partial charge in [0, 0.05) is 38.9 Å². The van der Waals surface area contributed by atoms with Gasteiger partial charge in [-0.25, -0.2) is 4.79 Å². The second kappa shape index (κ2) is 10.2. The third kappa shape index (κ3) is 6.97. The summed E-state index contributed by atoms with van der Waals surface area (Å²) < 4.78 is 0. The second-order valence-corrected chi connectivity index (χ2v) is 5.91. The highest BCUT2D eigenvalue weighted by molar-refractivity contribution is 5.73. The first-order valence-electron chi connectivity index (χ1n) is 8.64. The van der Waals surface area contributed by atoms with Gasteiger partial charge in [-0.2, -0.15) is 0 Å². The fourth-order valence-corrected chi connectivity index (χ4v) is 2.73. The number of pyridine rings is 1. The molecule has 1 saturated heterocycles. The standard InChI is InChI=1S/C17H29N5O/c1-2-21-11-13-22(14-12-21)10-6-5-9-19-17(23)20-15-16-7-3-4-8-18-16/h3-4,7-8H,2,5-6,9-15H2,1H3,(H2,19,20,23). The minimum Gasteiger partial charge on any atom is -0.338 e. The van der Waals surface area contributed by atoms with Crippen LogP contribution in [0.2, 0.25) is 0 Å². The van der Waals surface area contributed by atoms with Crippen molar-refractivity contribution in [2.45, 2.75) is 26.3 Å². The van der Waals surface area contributed by atoms with Crippen LogP contribution in [0.1, 0.15) is 25.5 Å². The average molecular weight is 319 g/mol. The summed E-state index contributed by atoms with van der Waals surface area (Å²) in [6, 6.07) is 5.57. The lowest BCUT2D eigenvalue weighted by Gasteiger charge is -2.33. The Morgan fingerprint density at radius 3 is 2.61 bits per heavy atom. The molecular formula is C17H29N5O. The Kier molecular flexibility index (Phi) is 7.83. The molecule has 23 heavy (non-hydrogen) atoms. The number of amides is 2. The molecule has 128 valence electrons. The highest BCUT2D eigenvalue weighted by atomic mass is 16.2. The van der Waals surface area contributed by atoms with Crippen molar-refractivity contribution in [1.82, 2.24) is 25.4 Å². The number of aromatic nitrogens is 1. The van der Waals surface area contributed by atoms with Gasteiger partial charge in [0.1, 0.15) is 0 Å². The van der Waals surface area contributed by atoms with Crippen LogP contribution in [0.5, 0.6) is 0 Å². The normalized spacial score (nSPS) is 16.2. The third-order valence-corrected chi connectivity index (χ3v) is 4.26. The summed E-state index contributed by atoms with van der Waals surface area (Å²) in [6.45, 7) is 10.4. The predicted molar refractivity (Wildman–Crippen MR) is 92.3 cm³/mol. The van der Waals surface area contributed by atoms with Crippen molar-refractivity contribution < 1.29 is 4.79 Å². The van der Waals surface area contributed by atoms with Gasteiger partial charge in [-0.15, -0.1) is 0 Å². The summed E-state index contributed by atoms with van der Waals surface area (Å²) in [7, 11) is 0. The number of urea groups is 1. The predicted octanol–water partition coefficient (Wildman–Crippen LogP) is 1.30. The molecule has 0 aliphatic carbocycles. The maximum atomic E-state index is 11.7. The minimum absolute atomic E-state index is 0.118. The molecule has 0 unspecified atom stereocenters. The van der Waals surface area contributed by atoms with E-state index in [9.17, 15) is 4.79 Å². The largest absolute Gasteiger partial charge is 0.338 e.